The largest absolute Gasteiger partial charge is 0.383 e. The SMILES string of the molecule is CN(C)/C=C/C(=O)c1cccc(N(C)S(=O)(=O)c2ccc(Cl)c(Cl)c2)c1. The molecular weight excluding hydrogens is 395 g/mol. The number of hydrogen-bond acceptors (Lipinski definition) is 4. The van der Waals surface area contributed by atoms with Crippen LogP contribution in [0.4, 0.5) is 5.69 Å². The van der Waals surface area contributed by atoms with Crippen LogP contribution in [0.2, 0.25) is 10.0 Å². The fourth-order valence-corrected chi connectivity index (χ4v) is 3.68. The van der Waals surface area contributed by atoms with Gasteiger partial charge in [-0.2, -0.15) is 0 Å². The Labute approximate surface area is 163 Å². The summed E-state index contributed by atoms with van der Waals surface area (Å²) in [5, 5.41) is 0.424. The lowest BCUT2D eigenvalue weighted by Crippen LogP contribution is -2.26. The summed E-state index contributed by atoms with van der Waals surface area (Å²) in [6.07, 6.45) is 3.05. The summed E-state index contributed by atoms with van der Waals surface area (Å²) in [5.41, 5.74) is 0.747. The Morgan fingerprint density at radius 3 is 2.31 bits per heavy atom. The smallest absolute Gasteiger partial charge is 0.264 e. The number of halogens is 2. The highest BCUT2D eigenvalue weighted by Gasteiger charge is 2.22. The van der Waals surface area contributed by atoms with Crippen molar-refractivity contribution in [2.24, 2.45) is 0 Å². The first-order valence-corrected chi connectivity index (χ1v) is 9.75. The number of sulfonamides is 1. The van der Waals surface area contributed by atoms with Crippen molar-refractivity contribution in [2.45, 2.75) is 4.90 Å². The highest BCUT2D eigenvalue weighted by Crippen LogP contribution is 2.28. The molecule has 5 nitrogen and oxygen atoms in total. The number of anilines is 1. The molecule has 0 radical (unpaired) electrons. The van der Waals surface area contributed by atoms with Crippen LogP contribution in [0.5, 0.6) is 0 Å². The molecule has 0 aliphatic carbocycles. The van der Waals surface area contributed by atoms with Crippen LogP contribution in [-0.2, 0) is 10.0 Å². The molecule has 0 amide bonds. The van der Waals surface area contributed by atoms with Gasteiger partial charge in [-0.15, -0.1) is 0 Å². The van der Waals surface area contributed by atoms with Crippen LogP contribution in [0.25, 0.3) is 0 Å². The summed E-state index contributed by atoms with van der Waals surface area (Å²) in [6, 6.07) is 10.5. The Morgan fingerprint density at radius 2 is 1.69 bits per heavy atom. The molecule has 2 rings (SSSR count). The molecule has 2 aromatic rings. The van der Waals surface area contributed by atoms with E-state index < -0.39 is 10.0 Å². The van der Waals surface area contributed by atoms with Crippen molar-refractivity contribution in [1.29, 1.82) is 0 Å². The van der Waals surface area contributed by atoms with Gasteiger partial charge in [0.1, 0.15) is 0 Å². The van der Waals surface area contributed by atoms with Gasteiger partial charge in [0, 0.05) is 39.0 Å². The summed E-state index contributed by atoms with van der Waals surface area (Å²) in [5.74, 6) is -0.221. The molecule has 0 saturated carbocycles. The van der Waals surface area contributed by atoms with Gasteiger partial charge in [-0.25, -0.2) is 8.42 Å². The molecule has 8 heteroatoms. The minimum atomic E-state index is -3.85. The van der Waals surface area contributed by atoms with Gasteiger partial charge in [0.25, 0.3) is 10.0 Å². The predicted octanol–water partition coefficient (Wildman–Crippen LogP) is 4.08. The molecule has 0 heterocycles. The minimum Gasteiger partial charge on any atom is -0.383 e. The van der Waals surface area contributed by atoms with Crippen molar-refractivity contribution in [3.05, 3.63) is 70.3 Å². The van der Waals surface area contributed by atoms with Crippen LogP contribution in [0, 0.1) is 0 Å². The molecule has 0 aliphatic rings. The topological polar surface area (TPSA) is 57.7 Å². The first-order chi connectivity index (χ1) is 12.1. The number of hydrogen-bond donors (Lipinski definition) is 0. The van der Waals surface area contributed by atoms with Gasteiger partial charge in [0.05, 0.1) is 20.6 Å². The summed E-state index contributed by atoms with van der Waals surface area (Å²) in [6.45, 7) is 0. The van der Waals surface area contributed by atoms with Gasteiger partial charge < -0.3 is 4.90 Å². The van der Waals surface area contributed by atoms with Crippen LogP contribution in [0.3, 0.4) is 0 Å². The number of allylic oxidation sites excluding steroid dienone is 1. The maximum absolute atomic E-state index is 12.8. The van der Waals surface area contributed by atoms with Crippen molar-refractivity contribution < 1.29 is 13.2 Å². The van der Waals surface area contributed by atoms with Crippen LogP contribution in [0.1, 0.15) is 10.4 Å². The zero-order chi connectivity index (χ0) is 19.5. The van der Waals surface area contributed by atoms with Gasteiger partial charge in [0.2, 0.25) is 0 Å². The van der Waals surface area contributed by atoms with E-state index in [4.69, 9.17) is 23.2 Å². The molecule has 0 aliphatic heterocycles. The van der Waals surface area contributed by atoms with Crippen LogP contribution >= 0.6 is 23.2 Å². The molecular formula is C18H18Cl2N2O3S. The van der Waals surface area contributed by atoms with Gasteiger partial charge in [0.15, 0.2) is 5.78 Å². The van der Waals surface area contributed by atoms with Crippen LogP contribution < -0.4 is 4.31 Å². The van der Waals surface area contributed by atoms with E-state index in [1.165, 1.54) is 37.4 Å². The van der Waals surface area contributed by atoms with E-state index >= 15 is 0 Å². The lowest BCUT2D eigenvalue weighted by Gasteiger charge is -2.20. The maximum atomic E-state index is 12.8. The lowest BCUT2D eigenvalue weighted by molar-refractivity contribution is 0.104. The van der Waals surface area contributed by atoms with Gasteiger partial charge in [-0.1, -0.05) is 35.3 Å². The number of rotatable bonds is 6. The molecule has 0 saturated heterocycles. The Bertz CT molecular complexity index is 957. The Kier molecular flexibility index (Phi) is 6.34. The molecule has 0 N–H and O–H groups in total. The van der Waals surface area contributed by atoms with Crippen LogP contribution in [0.15, 0.2) is 59.6 Å². The van der Waals surface area contributed by atoms with Crippen molar-refractivity contribution >= 4 is 44.7 Å². The van der Waals surface area contributed by atoms with Gasteiger partial charge in [-0.3, -0.25) is 9.10 Å². The van der Waals surface area contributed by atoms with E-state index in [1.54, 1.807) is 43.4 Å². The highest BCUT2D eigenvalue weighted by molar-refractivity contribution is 7.92. The van der Waals surface area contributed by atoms with Gasteiger partial charge in [-0.05, 0) is 30.3 Å². The molecule has 0 spiro atoms. The second-order valence-electron chi connectivity index (χ2n) is 5.74. The normalized spacial score (nSPS) is 11.6. The second-order valence-corrected chi connectivity index (χ2v) is 8.53. The molecule has 26 heavy (non-hydrogen) atoms. The summed E-state index contributed by atoms with van der Waals surface area (Å²) < 4.78 is 26.7. The van der Waals surface area contributed by atoms with E-state index in [1.807, 2.05) is 0 Å². The van der Waals surface area contributed by atoms with E-state index in [-0.39, 0.29) is 20.7 Å². The number of nitrogens with zero attached hydrogens (tertiary/aromatic N) is 2. The molecule has 138 valence electrons. The summed E-state index contributed by atoms with van der Waals surface area (Å²) in [4.78, 5) is 14.0. The fourth-order valence-electron chi connectivity index (χ4n) is 2.10. The number of carbonyl (C=O) groups excluding carboxylic acids is 1. The van der Waals surface area contributed by atoms with Crippen molar-refractivity contribution in [3.63, 3.8) is 0 Å². The molecule has 2 aromatic carbocycles. The van der Waals surface area contributed by atoms with Gasteiger partial charge >= 0.3 is 0 Å². The lowest BCUT2D eigenvalue weighted by atomic mass is 10.1. The van der Waals surface area contributed by atoms with Crippen LogP contribution in [-0.4, -0.2) is 40.2 Å². The predicted molar refractivity (Wildman–Crippen MR) is 106 cm³/mol. The van der Waals surface area contributed by atoms with Crippen molar-refractivity contribution in [1.82, 2.24) is 4.90 Å². The monoisotopic (exact) mass is 412 g/mol. The Balaban J connectivity index is 2.37. The third kappa shape index (κ3) is 4.58. The van der Waals surface area contributed by atoms with E-state index in [2.05, 4.69) is 0 Å². The number of benzene rings is 2. The summed E-state index contributed by atoms with van der Waals surface area (Å²) in [7, 11) is 1.17. The third-order valence-corrected chi connectivity index (χ3v) is 6.09. The van der Waals surface area contributed by atoms with E-state index in [0.717, 1.165) is 4.31 Å². The maximum Gasteiger partial charge on any atom is 0.264 e. The quantitative estimate of drug-likeness (QED) is 0.529. The minimum absolute atomic E-state index is 0.0126. The second kappa shape index (κ2) is 8.12. The molecule has 0 atom stereocenters. The molecule has 0 aromatic heterocycles. The highest BCUT2D eigenvalue weighted by atomic mass is 35.5. The van der Waals surface area contributed by atoms with E-state index in [9.17, 15) is 13.2 Å². The Hall–Kier alpha value is -2.02. The molecule has 0 fully saturated rings. The number of ketones is 1. The molecule has 0 unspecified atom stereocenters. The zero-order valence-corrected chi connectivity index (χ0v) is 16.8. The third-order valence-electron chi connectivity index (χ3n) is 3.57. The average Bonchev–Trinajstić information content (AvgIpc) is 2.61. The Morgan fingerprint density at radius 1 is 1.00 bits per heavy atom. The van der Waals surface area contributed by atoms with E-state index in [0.29, 0.717) is 11.3 Å². The fraction of sp³-hybridized carbons (Fsp3) is 0.167. The first kappa shape index (κ1) is 20.3. The average molecular weight is 413 g/mol. The standard InChI is InChI=1S/C18H18Cl2N2O3S/c1-21(2)10-9-18(23)13-5-4-6-14(11-13)22(3)26(24,25)15-7-8-16(19)17(20)12-15/h4-12H,1-3H3/b10-9+. The first-order valence-electron chi connectivity index (χ1n) is 7.56. The zero-order valence-electron chi connectivity index (χ0n) is 14.5. The van der Waals surface area contributed by atoms with Crippen molar-refractivity contribution in [3.8, 4) is 0 Å². The molecule has 0 bridgehead atoms. The summed E-state index contributed by atoms with van der Waals surface area (Å²) >= 11 is 11.8. The van der Waals surface area contributed by atoms with Crippen molar-refractivity contribution in [2.75, 3.05) is 25.4 Å². The number of carbonyl (C=O) groups is 1.